The van der Waals surface area contributed by atoms with E-state index >= 15 is 0 Å². The number of fused-ring (bicyclic) bond motifs is 1. The van der Waals surface area contributed by atoms with Crippen molar-refractivity contribution < 1.29 is 14.9 Å². The minimum atomic E-state index is -0.614. The monoisotopic (exact) mass is 375 g/mol. The Balaban J connectivity index is 1.33. The van der Waals surface area contributed by atoms with E-state index in [1.54, 1.807) is 7.11 Å². The number of hydrogen-bond acceptors (Lipinski definition) is 6. The third-order valence-electron chi connectivity index (χ3n) is 6.70. The van der Waals surface area contributed by atoms with Gasteiger partial charge < -0.3 is 19.8 Å². The van der Waals surface area contributed by atoms with Crippen LogP contribution in [0.3, 0.4) is 0 Å². The SMILES string of the molecule is COc1ccc(N2CCC(O)(CN3C[C@@H]4C[C@@H](O)CN4C[C@@H]3C)CC2)cc1. The van der Waals surface area contributed by atoms with Gasteiger partial charge in [0.2, 0.25) is 0 Å². The summed E-state index contributed by atoms with van der Waals surface area (Å²) in [7, 11) is 1.68. The molecule has 6 nitrogen and oxygen atoms in total. The van der Waals surface area contributed by atoms with Gasteiger partial charge in [-0.15, -0.1) is 0 Å². The number of piperazine rings is 1. The molecule has 0 bridgehead atoms. The summed E-state index contributed by atoms with van der Waals surface area (Å²) in [5.74, 6) is 0.873. The molecule has 4 rings (SSSR count). The van der Waals surface area contributed by atoms with Gasteiger partial charge in [-0.3, -0.25) is 9.80 Å². The number of aliphatic hydroxyl groups excluding tert-OH is 1. The fourth-order valence-electron chi connectivity index (χ4n) is 5.01. The Hall–Kier alpha value is -1.34. The molecular weight excluding hydrogens is 342 g/mol. The summed E-state index contributed by atoms with van der Waals surface area (Å²) in [5, 5.41) is 21.2. The highest BCUT2D eigenvalue weighted by Crippen LogP contribution is 2.31. The van der Waals surface area contributed by atoms with Crippen LogP contribution >= 0.6 is 0 Å². The molecule has 27 heavy (non-hydrogen) atoms. The van der Waals surface area contributed by atoms with Crippen molar-refractivity contribution in [3.8, 4) is 5.75 Å². The molecule has 0 aliphatic carbocycles. The zero-order valence-electron chi connectivity index (χ0n) is 16.5. The van der Waals surface area contributed by atoms with Crippen LogP contribution < -0.4 is 9.64 Å². The Morgan fingerprint density at radius 1 is 1.11 bits per heavy atom. The number of β-amino-alcohol motifs (C(OH)–C–C–N with tert-alkyl or cyclic N) is 1. The molecule has 1 aromatic rings. The third kappa shape index (κ3) is 4.09. The van der Waals surface area contributed by atoms with E-state index in [0.29, 0.717) is 12.1 Å². The lowest BCUT2D eigenvalue weighted by atomic mass is 9.89. The summed E-state index contributed by atoms with van der Waals surface area (Å²) in [6, 6.07) is 9.04. The molecule has 0 aromatic heterocycles. The maximum atomic E-state index is 11.2. The van der Waals surface area contributed by atoms with Crippen LogP contribution in [0.1, 0.15) is 26.2 Å². The number of anilines is 1. The van der Waals surface area contributed by atoms with E-state index in [1.807, 2.05) is 12.1 Å². The van der Waals surface area contributed by atoms with Crippen LogP contribution in [0.5, 0.6) is 5.75 Å². The molecule has 3 heterocycles. The molecule has 0 saturated carbocycles. The highest BCUT2D eigenvalue weighted by molar-refractivity contribution is 5.49. The Morgan fingerprint density at radius 2 is 1.81 bits per heavy atom. The van der Waals surface area contributed by atoms with Crippen LogP contribution in [-0.2, 0) is 0 Å². The third-order valence-corrected chi connectivity index (χ3v) is 6.70. The van der Waals surface area contributed by atoms with E-state index in [2.05, 4.69) is 33.8 Å². The molecule has 0 amide bonds. The molecule has 0 unspecified atom stereocenters. The molecule has 3 saturated heterocycles. The number of methoxy groups -OCH3 is 1. The minimum absolute atomic E-state index is 0.182. The summed E-state index contributed by atoms with van der Waals surface area (Å²) < 4.78 is 5.24. The predicted octanol–water partition coefficient (Wildman–Crippen LogP) is 1.17. The molecule has 3 aliphatic heterocycles. The summed E-state index contributed by atoms with van der Waals surface area (Å²) in [5.41, 5.74) is 0.580. The van der Waals surface area contributed by atoms with Crippen molar-refractivity contribution in [3.05, 3.63) is 24.3 Å². The minimum Gasteiger partial charge on any atom is -0.497 e. The van der Waals surface area contributed by atoms with Gasteiger partial charge in [0, 0.05) is 57.0 Å². The lowest BCUT2D eigenvalue weighted by Gasteiger charge is -2.47. The van der Waals surface area contributed by atoms with E-state index in [0.717, 1.165) is 64.3 Å². The van der Waals surface area contributed by atoms with Gasteiger partial charge in [-0.25, -0.2) is 0 Å². The molecular formula is C21H33N3O3. The van der Waals surface area contributed by atoms with Crippen LogP contribution in [0.4, 0.5) is 5.69 Å². The fraction of sp³-hybridized carbons (Fsp3) is 0.714. The first-order valence-electron chi connectivity index (χ1n) is 10.2. The molecule has 150 valence electrons. The Bertz CT molecular complexity index is 630. The van der Waals surface area contributed by atoms with Crippen LogP contribution in [0.15, 0.2) is 24.3 Å². The quantitative estimate of drug-likeness (QED) is 0.824. The Morgan fingerprint density at radius 3 is 2.48 bits per heavy atom. The first kappa shape index (κ1) is 19.0. The Kier molecular flexibility index (Phi) is 5.34. The maximum Gasteiger partial charge on any atom is 0.119 e. The van der Waals surface area contributed by atoms with Crippen molar-refractivity contribution in [1.29, 1.82) is 0 Å². The second-order valence-electron chi connectivity index (χ2n) is 8.69. The van der Waals surface area contributed by atoms with Crippen molar-refractivity contribution in [1.82, 2.24) is 9.80 Å². The number of benzene rings is 1. The lowest BCUT2D eigenvalue weighted by molar-refractivity contribution is -0.0472. The highest BCUT2D eigenvalue weighted by Gasteiger charge is 2.41. The zero-order chi connectivity index (χ0) is 19.0. The average Bonchev–Trinajstić information content (AvgIpc) is 3.01. The summed E-state index contributed by atoms with van der Waals surface area (Å²) in [6.07, 6.45) is 2.27. The molecule has 3 aliphatic rings. The van der Waals surface area contributed by atoms with E-state index in [9.17, 15) is 10.2 Å². The van der Waals surface area contributed by atoms with Crippen molar-refractivity contribution in [2.24, 2.45) is 0 Å². The molecule has 3 atom stereocenters. The van der Waals surface area contributed by atoms with Gasteiger partial charge in [0.25, 0.3) is 0 Å². The maximum absolute atomic E-state index is 11.2. The number of rotatable bonds is 4. The molecule has 0 radical (unpaired) electrons. The summed E-state index contributed by atoms with van der Waals surface area (Å²) in [6.45, 7) is 7.50. The predicted molar refractivity (Wildman–Crippen MR) is 106 cm³/mol. The highest BCUT2D eigenvalue weighted by atomic mass is 16.5. The van der Waals surface area contributed by atoms with Gasteiger partial charge in [0.05, 0.1) is 18.8 Å². The van der Waals surface area contributed by atoms with Crippen molar-refractivity contribution in [2.75, 3.05) is 51.3 Å². The van der Waals surface area contributed by atoms with Gasteiger partial charge in [-0.2, -0.15) is 0 Å². The number of ether oxygens (including phenoxy) is 1. The zero-order valence-corrected chi connectivity index (χ0v) is 16.5. The number of hydrogen-bond donors (Lipinski definition) is 2. The fourth-order valence-corrected chi connectivity index (χ4v) is 5.01. The number of piperidine rings is 1. The van der Waals surface area contributed by atoms with Gasteiger partial charge >= 0.3 is 0 Å². The first-order chi connectivity index (χ1) is 13.0. The van der Waals surface area contributed by atoms with Gasteiger partial charge in [0.15, 0.2) is 0 Å². The van der Waals surface area contributed by atoms with Gasteiger partial charge in [0.1, 0.15) is 5.75 Å². The second-order valence-corrected chi connectivity index (χ2v) is 8.69. The van der Waals surface area contributed by atoms with E-state index in [-0.39, 0.29) is 6.10 Å². The number of aliphatic hydroxyl groups is 2. The normalized spacial score (nSPS) is 31.7. The van der Waals surface area contributed by atoms with E-state index in [1.165, 1.54) is 5.69 Å². The average molecular weight is 376 g/mol. The Labute approximate surface area is 162 Å². The second kappa shape index (κ2) is 7.59. The van der Waals surface area contributed by atoms with Crippen LogP contribution in [-0.4, -0.2) is 90.2 Å². The van der Waals surface area contributed by atoms with Gasteiger partial charge in [-0.1, -0.05) is 0 Å². The molecule has 3 fully saturated rings. The summed E-state index contributed by atoms with van der Waals surface area (Å²) in [4.78, 5) is 7.22. The molecule has 1 aromatic carbocycles. The topological polar surface area (TPSA) is 59.4 Å². The summed E-state index contributed by atoms with van der Waals surface area (Å²) >= 11 is 0. The molecule has 2 N–H and O–H groups in total. The lowest BCUT2D eigenvalue weighted by Crippen LogP contribution is -2.60. The first-order valence-corrected chi connectivity index (χ1v) is 10.2. The standard InChI is InChI=1S/C21H33N3O3/c1-16-12-23-14-19(25)11-18(23)13-24(16)15-21(26)7-9-22(10-8-21)17-3-5-20(27-2)6-4-17/h3-6,16,18-19,25-26H,7-15H2,1-2H3/t16-,18-,19+/m0/s1. The number of nitrogens with zero attached hydrogens (tertiary/aromatic N) is 3. The van der Waals surface area contributed by atoms with Crippen molar-refractivity contribution >= 4 is 5.69 Å². The largest absolute Gasteiger partial charge is 0.497 e. The molecule has 6 heteroatoms. The van der Waals surface area contributed by atoms with Crippen LogP contribution in [0.25, 0.3) is 0 Å². The van der Waals surface area contributed by atoms with Crippen LogP contribution in [0.2, 0.25) is 0 Å². The molecule has 0 spiro atoms. The van der Waals surface area contributed by atoms with Crippen LogP contribution in [0, 0.1) is 0 Å². The van der Waals surface area contributed by atoms with Crippen molar-refractivity contribution in [3.63, 3.8) is 0 Å². The van der Waals surface area contributed by atoms with Gasteiger partial charge in [-0.05, 0) is 50.5 Å². The van der Waals surface area contributed by atoms with E-state index < -0.39 is 5.60 Å². The van der Waals surface area contributed by atoms with E-state index in [4.69, 9.17) is 4.74 Å². The smallest absolute Gasteiger partial charge is 0.119 e. The van der Waals surface area contributed by atoms with Crippen molar-refractivity contribution in [2.45, 2.75) is 50.0 Å².